The van der Waals surface area contributed by atoms with Gasteiger partial charge in [-0.15, -0.1) is 0 Å². The summed E-state index contributed by atoms with van der Waals surface area (Å²) in [5, 5.41) is 4.23. The lowest BCUT2D eigenvalue weighted by atomic mass is 10.0. The Hall–Kier alpha value is -1.89. The predicted molar refractivity (Wildman–Crippen MR) is 99.8 cm³/mol. The van der Waals surface area contributed by atoms with Crippen LogP contribution in [0.4, 0.5) is 0 Å². The van der Waals surface area contributed by atoms with E-state index in [0.717, 1.165) is 45.6 Å². The molecule has 2 saturated heterocycles. The van der Waals surface area contributed by atoms with E-state index in [2.05, 4.69) is 10.00 Å². The average Bonchev–Trinajstić information content (AvgIpc) is 3.08. The molecule has 7 heteroatoms. The number of likely N-dealkylation sites (tertiary alicyclic amines) is 2. The summed E-state index contributed by atoms with van der Waals surface area (Å²) in [7, 11) is 1.81. The molecular formula is C19H31N5O2. The SMILES string of the molecule is CC(=O)N(CCN1CCCCC1)[C@H]1CCCN(C(=O)c2ccn(C)n2)C1. The first kappa shape index (κ1) is 18.9. The zero-order chi connectivity index (χ0) is 18.5. The van der Waals surface area contributed by atoms with E-state index < -0.39 is 0 Å². The van der Waals surface area contributed by atoms with Crippen molar-refractivity contribution in [3.8, 4) is 0 Å². The van der Waals surface area contributed by atoms with Gasteiger partial charge in [-0.2, -0.15) is 5.10 Å². The van der Waals surface area contributed by atoms with Crippen LogP contribution in [0, 0.1) is 0 Å². The number of piperidine rings is 2. The Morgan fingerprint density at radius 2 is 1.96 bits per heavy atom. The number of rotatable bonds is 5. The monoisotopic (exact) mass is 361 g/mol. The molecule has 2 aliphatic rings. The molecule has 0 unspecified atom stereocenters. The Morgan fingerprint density at radius 3 is 2.62 bits per heavy atom. The van der Waals surface area contributed by atoms with Gasteiger partial charge in [0, 0.05) is 52.4 Å². The van der Waals surface area contributed by atoms with E-state index >= 15 is 0 Å². The minimum atomic E-state index is -0.0326. The van der Waals surface area contributed by atoms with Gasteiger partial charge in [-0.1, -0.05) is 6.42 Å². The summed E-state index contributed by atoms with van der Waals surface area (Å²) in [4.78, 5) is 31.2. The standard InChI is InChI=1S/C19H31N5O2/c1-16(25)24(14-13-22-9-4-3-5-10-22)17-7-6-11-23(15-17)19(26)18-8-12-21(2)20-18/h8,12,17H,3-7,9-11,13-15H2,1-2H3/t17-/m0/s1. The van der Waals surface area contributed by atoms with Crippen LogP contribution in [-0.2, 0) is 11.8 Å². The fourth-order valence-electron chi connectivity index (χ4n) is 4.11. The molecule has 1 aromatic heterocycles. The average molecular weight is 361 g/mol. The van der Waals surface area contributed by atoms with Crippen LogP contribution in [0.15, 0.2) is 12.3 Å². The van der Waals surface area contributed by atoms with Crippen LogP contribution in [0.3, 0.4) is 0 Å². The van der Waals surface area contributed by atoms with Gasteiger partial charge in [-0.3, -0.25) is 14.3 Å². The molecule has 0 N–H and O–H groups in total. The molecule has 3 rings (SSSR count). The third kappa shape index (κ3) is 4.63. The predicted octanol–water partition coefficient (Wildman–Crippen LogP) is 1.36. The molecule has 2 amide bonds. The maximum absolute atomic E-state index is 12.7. The smallest absolute Gasteiger partial charge is 0.274 e. The Labute approximate surface area is 155 Å². The summed E-state index contributed by atoms with van der Waals surface area (Å²) in [5.41, 5.74) is 0.482. The Balaban J connectivity index is 1.59. The van der Waals surface area contributed by atoms with E-state index in [1.165, 1.54) is 19.3 Å². The van der Waals surface area contributed by atoms with Crippen LogP contribution in [0.2, 0.25) is 0 Å². The molecule has 0 aliphatic carbocycles. The molecule has 0 saturated carbocycles. The first-order valence-corrected chi connectivity index (χ1v) is 9.83. The molecule has 1 aromatic rings. The van der Waals surface area contributed by atoms with Crippen molar-refractivity contribution in [1.82, 2.24) is 24.5 Å². The van der Waals surface area contributed by atoms with Crippen LogP contribution in [0.1, 0.15) is 49.5 Å². The van der Waals surface area contributed by atoms with Crippen molar-refractivity contribution in [3.05, 3.63) is 18.0 Å². The van der Waals surface area contributed by atoms with E-state index in [1.807, 2.05) is 16.8 Å². The van der Waals surface area contributed by atoms with E-state index in [4.69, 9.17) is 0 Å². The van der Waals surface area contributed by atoms with Crippen molar-refractivity contribution in [2.24, 2.45) is 7.05 Å². The molecule has 2 aliphatic heterocycles. The summed E-state index contributed by atoms with van der Waals surface area (Å²) >= 11 is 0. The Kier molecular flexibility index (Phi) is 6.29. The molecular weight excluding hydrogens is 330 g/mol. The van der Waals surface area contributed by atoms with E-state index in [0.29, 0.717) is 12.2 Å². The topological polar surface area (TPSA) is 61.7 Å². The van der Waals surface area contributed by atoms with Gasteiger partial charge in [0.15, 0.2) is 0 Å². The molecule has 3 heterocycles. The molecule has 26 heavy (non-hydrogen) atoms. The normalized spacial score (nSPS) is 21.6. The lowest BCUT2D eigenvalue weighted by molar-refractivity contribution is -0.132. The zero-order valence-electron chi connectivity index (χ0n) is 16.1. The van der Waals surface area contributed by atoms with E-state index in [1.54, 1.807) is 23.9 Å². The van der Waals surface area contributed by atoms with Gasteiger partial charge in [-0.05, 0) is 44.8 Å². The second-order valence-electron chi connectivity index (χ2n) is 7.54. The van der Waals surface area contributed by atoms with Gasteiger partial charge in [0.05, 0.1) is 0 Å². The number of carbonyl (C=O) groups is 2. The highest BCUT2D eigenvalue weighted by atomic mass is 16.2. The zero-order valence-corrected chi connectivity index (χ0v) is 16.1. The highest BCUT2D eigenvalue weighted by Gasteiger charge is 2.30. The van der Waals surface area contributed by atoms with Crippen molar-refractivity contribution in [3.63, 3.8) is 0 Å². The number of carbonyl (C=O) groups excluding carboxylic acids is 2. The second kappa shape index (κ2) is 8.66. The molecule has 0 spiro atoms. The summed E-state index contributed by atoms with van der Waals surface area (Å²) in [6, 6.07) is 1.86. The maximum atomic E-state index is 12.7. The summed E-state index contributed by atoms with van der Waals surface area (Å²) < 4.78 is 1.65. The minimum Gasteiger partial charge on any atom is -0.337 e. The second-order valence-corrected chi connectivity index (χ2v) is 7.54. The fourth-order valence-corrected chi connectivity index (χ4v) is 4.11. The quantitative estimate of drug-likeness (QED) is 0.794. The van der Waals surface area contributed by atoms with Gasteiger partial charge in [0.25, 0.3) is 5.91 Å². The van der Waals surface area contributed by atoms with Gasteiger partial charge < -0.3 is 14.7 Å². The highest BCUT2D eigenvalue weighted by Crippen LogP contribution is 2.18. The Morgan fingerprint density at radius 1 is 1.19 bits per heavy atom. The van der Waals surface area contributed by atoms with Crippen molar-refractivity contribution >= 4 is 11.8 Å². The van der Waals surface area contributed by atoms with Crippen LogP contribution in [-0.4, -0.2) is 81.6 Å². The number of hydrogen-bond donors (Lipinski definition) is 0. The summed E-state index contributed by atoms with van der Waals surface area (Å²) in [6.07, 6.45) is 7.52. The lowest BCUT2D eigenvalue weighted by Crippen LogP contribution is -2.53. The third-order valence-corrected chi connectivity index (χ3v) is 5.57. The van der Waals surface area contributed by atoms with Gasteiger partial charge in [0.2, 0.25) is 5.91 Å². The van der Waals surface area contributed by atoms with Gasteiger partial charge in [0.1, 0.15) is 5.69 Å². The van der Waals surface area contributed by atoms with Crippen molar-refractivity contribution < 1.29 is 9.59 Å². The van der Waals surface area contributed by atoms with Crippen LogP contribution >= 0.6 is 0 Å². The number of hydrogen-bond acceptors (Lipinski definition) is 4. The molecule has 0 radical (unpaired) electrons. The minimum absolute atomic E-state index is 0.0326. The molecule has 2 fully saturated rings. The van der Waals surface area contributed by atoms with E-state index in [-0.39, 0.29) is 17.9 Å². The third-order valence-electron chi connectivity index (χ3n) is 5.57. The highest BCUT2D eigenvalue weighted by molar-refractivity contribution is 5.92. The molecule has 144 valence electrons. The maximum Gasteiger partial charge on any atom is 0.274 e. The fraction of sp³-hybridized carbons (Fsp3) is 0.737. The van der Waals surface area contributed by atoms with Gasteiger partial charge in [-0.25, -0.2) is 0 Å². The largest absolute Gasteiger partial charge is 0.337 e. The number of aryl methyl sites for hydroxylation is 1. The number of nitrogens with zero attached hydrogens (tertiary/aromatic N) is 5. The molecule has 1 atom stereocenters. The summed E-state index contributed by atoms with van der Waals surface area (Å²) in [5.74, 6) is 0.0778. The molecule has 7 nitrogen and oxygen atoms in total. The number of amides is 2. The first-order chi connectivity index (χ1) is 12.5. The van der Waals surface area contributed by atoms with Crippen molar-refractivity contribution in [2.75, 3.05) is 39.3 Å². The Bertz CT molecular complexity index is 623. The van der Waals surface area contributed by atoms with Crippen molar-refractivity contribution in [2.45, 2.75) is 45.1 Å². The molecule has 0 bridgehead atoms. The summed E-state index contributed by atoms with van der Waals surface area (Å²) in [6.45, 7) is 6.96. The molecule has 0 aromatic carbocycles. The number of aromatic nitrogens is 2. The van der Waals surface area contributed by atoms with Crippen LogP contribution in [0.5, 0.6) is 0 Å². The van der Waals surface area contributed by atoms with Crippen LogP contribution in [0.25, 0.3) is 0 Å². The van der Waals surface area contributed by atoms with Crippen molar-refractivity contribution in [1.29, 1.82) is 0 Å². The lowest BCUT2D eigenvalue weighted by Gasteiger charge is -2.40. The van der Waals surface area contributed by atoms with Crippen LogP contribution < -0.4 is 0 Å². The van der Waals surface area contributed by atoms with Gasteiger partial charge >= 0.3 is 0 Å². The first-order valence-electron chi connectivity index (χ1n) is 9.83. The van der Waals surface area contributed by atoms with E-state index in [9.17, 15) is 9.59 Å².